The van der Waals surface area contributed by atoms with Crippen LogP contribution in [0.5, 0.6) is 17.2 Å². The van der Waals surface area contributed by atoms with Gasteiger partial charge in [-0.25, -0.2) is 0 Å². The third-order valence-electron chi connectivity index (χ3n) is 9.99. The maximum absolute atomic E-state index is 7.47. The maximum atomic E-state index is 7.47. The van der Waals surface area contributed by atoms with Crippen molar-refractivity contribution in [1.29, 1.82) is 0 Å². The summed E-state index contributed by atoms with van der Waals surface area (Å²) >= 11 is 0. The quantitative estimate of drug-likeness (QED) is 0.173. The van der Waals surface area contributed by atoms with Gasteiger partial charge in [-0.05, 0) is 76.6 Å². The summed E-state index contributed by atoms with van der Waals surface area (Å²) < 4.78 is 21.6. The van der Waals surface area contributed by atoms with E-state index in [0.717, 1.165) is 29.0 Å². The zero-order chi connectivity index (χ0) is 34.3. The van der Waals surface area contributed by atoms with Gasteiger partial charge in [-0.1, -0.05) is 85.7 Å². The first-order chi connectivity index (χ1) is 23.3. The minimum atomic E-state index is -1.30. The summed E-state index contributed by atoms with van der Waals surface area (Å²) in [5.74, 6) is 2.83. The van der Waals surface area contributed by atoms with Crippen molar-refractivity contribution in [3.05, 3.63) is 149 Å². The highest BCUT2D eigenvalue weighted by Gasteiger charge is 2.43. The van der Waals surface area contributed by atoms with Crippen molar-refractivity contribution < 1.29 is 9.26 Å². The molecule has 3 aromatic carbocycles. The van der Waals surface area contributed by atoms with E-state index in [2.05, 4.69) is 184 Å². The van der Waals surface area contributed by atoms with Crippen molar-refractivity contribution in [2.24, 2.45) is 0 Å². The molecule has 6 aromatic rings. The predicted molar refractivity (Wildman–Crippen MR) is 205 cm³/mol. The molecule has 5 heterocycles. The third kappa shape index (κ3) is 5.47. The molecule has 0 bridgehead atoms. The molecular formula is C42H45N3O2P2. The Morgan fingerprint density at radius 3 is 1.90 bits per heavy atom. The lowest BCUT2D eigenvalue weighted by molar-refractivity contribution is 0.421. The molecule has 3 aromatic heterocycles. The fourth-order valence-corrected chi connectivity index (χ4v) is 11.1. The molecule has 0 N–H and O–H groups in total. The summed E-state index contributed by atoms with van der Waals surface area (Å²) in [4.78, 5) is 0. The lowest BCUT2D eigenvalue weighted by Crippen LogP contribution is -2.33. The first-order valence-electron chi connectivity index (χ1n) is 17.2. The molecule has 1 unspecified atom stereocenters. The lowest BCUT2D eigenvalue weighted by Gasteiger charge is -2.40. The Kier molecular flexibility index (Phi) is 7.56. The van der Waals surface area contributed by atoms with Gasteiger partial charge < -0.3 is 17.9 Å². The van der Waals surface area contributed by atoms with Gasteiger partial charge >= 0.3 is 0 Å². The molecule has 0 saturated carbocycles. The van der Waals surface area contributed by atoms with E-state index in [-0.39, 0.29) is 16.2 Å². The number of fused-ring (bicyclic) bond motifs is 4. The molecule has 0 spiro atoms. The van der Waals surface area contributed by atoms with Crippen LogP contribution in [-0.4, -0.2) is 13.0 Å². The van der Waals surface area contributed by atoms with Crippen LogP contribution in [0.15, 0.2) is 116 Å². The number of ether oxygens (including phenoxy) is 1. The number of benzene rings is 3. The number of hydrogen-bond acceptors (Lipinski definition) is 2. The molecule has 0 radical (unpaired) electrons. The molecule has 0 amide bonds. The summed E-state index contributed by atoms with van der Waals surface area (Å²) in [6, 6.07) is 30.9. The molecule has 2 aliphatic rings. The molecule has 2 aliphatic heterocycles. The van der Waals surface area contributed by atoms with Crippen LogP contribution < -0.4 is 19.9 Å². The average molecular weight is 686 g/mol. The van der Waals surface area contributed by atoms with E-state index in [9.17, 15) is 0 Å². The van der Waals surface area contributed by atoms with Gasteiger partial charge in [-0.3, -0.25) is 4.34 Å². The highest BCUT2D eigenvalue weighted by atomic mass is 31.2. The SMILES string of the molecule is CC(C)(C)c1cc(P2Oc3ccccc3Cc3cccn32)c2c(c1)C(C)(C)c1cc(C(C)(C)C)cc(P(n3cccc3)n3cccc3)c1O2. The summed E-state index contributed by atoms with van der Waals surface area (Å²) in [5, 5.41) is 2.32. The molecule has 49 heavy (non-hydrogen) atoms. The average Bonchev–Trinajstić information content (AvgIpc) is 3.84. The van der Waals surface area contributed by atoms with Crippen LogP contribution in [0.2, 0.25) is 0 Å². The zero-order valence-corrected chi connectivity index (χ0v) is 31.5. The van der Waals surface area contributed by atoms with Gasteiger partial charge in [0, 0.05) is 65.2 Å². The second-order valence-electron chi connectivity index (χ2n) is 15.9. The molecule has 0 fully saturated rings. The van der Waals surface area contributed by atoms with E-state index in [1.165, 1.54) is 38.8 Å². The predicted octanol–water partition coefficient (Wildman–Crippen LogP) is 10.6. The summed E-state index contributed by atoms with van der Waals surface area (Å²) in [7, 11) is -2.33. The van der Waals surface area contributed by atoms with Gasteiger partial charge in [0.1, 0.15) is 25.5 Å². The van der Waals surface area contributed by atoms with Crippen molar-refractivity contribution in [3.63, 3.8) is 0 Å². The molecule has 250 valence electrons. The van der Waals surface area contributed by atoms with Gasteiger partial charge in [0.15, 0.2) is 0 Å². The van der Waals surface area contributed by atoms with Crippen molar-refractivity contribution >= 4 is 27.1 Å². The monoisotopic (exact) mass is 685 g/mol. The molecule has 0 aliphatic carbocycles. The first-order valence-corrected chi connectivity index (χ1v) is 19.6. The van der Waals surface area contributed by atoms with Crippen LogP contribution in [-0.2, 0) is 22.7 Å². The smallest absolute Gasteiger partial charge is 0.233 e. The topological polar surface area (TPSA) is 33.2 Å². The lowest BCUT2D eigenvalue weighted by atomic mass is 9.72. The van der Waals surface area contributed by atoms with E-state index in [1.807, 2.05) is 0 Å². The minimum Gasteiger partial charge on any atom is -0.455 e. The fourth-order valence-electron chi connectivity index (χ4n) is 7.01. The van der Waals surface area contributed by atoms with Gasteiger partial charge in [0.2, 0.25) is 8.30 Å². The first kappa shape index (κ1) is 32.2. The van der Waals surface area contributed by atoms with Crippen LogP contribution in [0.25, 0.3) is 0 Å². The minimum absolute atomic E-state index is 0.0530. The molecule has 1 atom stereocenters. The highest BCUT2D eigenvalue weighted by Crippen LogP contribution is 2.56. The molecule has 8 rings (SSSR count). The van der Waals surface area contributed by atoms with Gasteiger partial charge in [0.25, 0.3) is 0 Å². The number of rotatable bonds is 4. The highest BCUT2D eigenvalue weighted by molar-refractivity contribution is 7.62. The van der Waals surface area contributed by atoms with Gasteiger partial charge in [-0.2, -0.15) is 0 Å². The van der Waals surface area contributed by atoms with Gasteiger partial charge in [0.05, 0.1) is 10.6 Å². The van der Waals surface area contributed by atoms with E-state index in [1.54, 1.807) is 0 Å². The molecule has 5 nitrogen and oxygen atoms in total. The van der Waals surface area contributed by atoms with Crippen LogP contribution in [0, 0.1) is 0 Å². The van der Waals surface area contributed by atoms with E-state index >= 15 is 0 Å². The number of aromatic nitrogens is 3. The van der Waals surface area contributed by atoms with Crippen LogP contribution >= 0.6 is 16.5 Å². The van der Waals surface area contributed by atoms with Crippen molar-refractivity contribution in [2.45, 2.75) is 78.1 Å². The van der Waals surface area contributed by atoms with Crippen molar-refractivity contribution in [2.75, 3.05) is 0 Å². The second-order valence-corrected chi connectivity index (χ2v) is 19.5. The molecular weight excluding hydrogens is 640 g/mol. The Labute approximate surface area is 293 Å². The summed E-state index contributed by atoms with van der Waals surface area (Å²) in [6.07, 6.45) is 11.7. The molecule has 0 saturated heterocycles. The second kappa shape index (κ2) is 11.5. The number of hydrogen-bond donors (Lipinski definition) is 0. The van der Waals surface area contributed by atoms with Crippen LogP contribution in [0.3, 0.4) is 0 Å². The van der Waals surface area contributed by atoms with Crippen molar-refractivity contribution in [1.82, 2.24) is 13.0 Å². The Hall–Kier alpha value is -4.04. The molecule has 7 heteroatoms. The summed E-state index contributed by atoms with van der Waals surface area (Å²) in [5.41, 5.74) is 7.02. The number of para-hydroxylation sites is 1. The van der Waals surface area contributed by atoms with E-state index in [4.69, 9.17) is 9.26 Å². The maximum Gasteiger partial charge on any atom is 0.233 e. The van der Waals surface area contributed by atoms with Gasteiger partial charge in [-0.15, -0.1) is 0 Å². The number of nitrogens with zero attached hydrogens (tertiary/aromatic N) is 3. The van der Waals surface area contributed by atoms with E-state index in [0.29, 0.717) is 0 Å². The third-order valence-corrected chi connectivity index (χ3v) is 14.1. The summed E-state index contributed by atoms with van der Waals surface area (Å²) in [6.45, 7) is 18.6. The van der Waals surface area contributed by atoms with E-state index < -0.39 is 16.5 Å². The normalized spacial score (nSPS) is 16.6. The largest absolute Gasteiger partial charge is 0.455 e. The zero-order valence-electron chi connectivity index (χ0n) is 29.7. The fraction of sp³-hybridized carbons (Fsp3) is 0.286. The Morgan fingerprint density at radius 1 is 0.673 bits per heavy atom. The Morgan fingerprint density at radius 2 is 1.27 bits per heavy atom. The Balaban J connectivity index is 1.41. The Bertz CT molecular complexity index is 2130. The van der Waals surface area contributed by atoms with Crippen LogP contribution in [0.4, 0.5) is 0 Å². The standard InChI is InChI=1S/C42H45N3O2P2/c1-40(2,3)30-25-33-38(36(27-30)48(43-19-11-12-20-43)44-21-13-14-22-44)46-39-34(42(33,7)8)26-31(41(4,5)6)28-37(39)49-45-23-15-17-32(45)24-29-16-9-10-18-35(29)47-49/h9-23,25-28H,24H2,1-8H3. The van der Waals surface area contributed by atoms with Crippen molar-refractivity contribution in [3.8, 4) is 17.2 Å². The van der Waals surface area contributed by atoms with Crippen LogP contribution in [0.1, 0.15) is 88.9 Å².